The quantitative estimate of drug-likeness (QED) is 0.496. The lowest BCUT2D eigenvalue weighted by atomic mass is 10.1. The van der Waals surface area contributed by atoms with Crippen LogP contribution in [-0.4, -0.2) is 29.3 Å². The van der Waals surface area contributed by atoms with Crippen LogP contribution in [0.5, 0.6) is 0 Å². The minimum atomic E-state index is -0.286. The van der Waals surface area contributed by atoms with Gasteiger partial charge >= 0.3 is 5.97 Å². The van der Waals surface area contributed by atoms with Crippen molar-refractivity contribution in [1.29, 1.82) is 0 Å². The Labute approximate surface area is 130 Å². The molecule has 0 atom stereocenters. The molecule has 0 unspecified atom stereocenters. The van der Waals surface area contributed by atoms with Gasteiger partial charge in [-0.25, -0.2) is 0 Å². The number of carbonyl (C=O) groups excluding carboxylic acids is 1. The summed E-state index contributed by atoms with van der Waals surface area (Å²) in [6, 6.07) is 5.79. The topological polar surface area (TPSA) is 38.3 Å². The van der Waals surface area contributed by atoms with E-state index < -0.39 is 0 Å². The standard InChI is InChI=1S/C13H16BrNO2S2/c1-9(16)17-7-11-5-4-10(6-12(11)14)13(18)15-8-19(2)3/h4-6H,7-8H2,1-3H3/p+1. The molecule has 19 heavy (non-hydrogen) atoms. The van der Waals surface area contributed by atoms with Gasteiger partial charge in [0.2, 0.25) is 0 Å². The van der Waals surface area contributed by atoms with Gasteiger partial charge in [0.05, 0.1) is 12.5 Å². The van der Waals surface area contributed by atoms with Gasteiger partial charge in [-0.15, -0.1) is 0 Å². The highest BCUT2D eigenvalue weighted by atomic mass is 79.9. The zero-order chi connectivity index (χ0) is 14.4. The highest BCUT2D eigenvalue weighted by Crippen LogP contribution is 2.20. The molecule has 1 aromatic carbocycles. The summed E-state index contributed by atoms with van der Waals surface area (Å²) in [6.07, 6.45) is 4.32. The van der Waals surface area contributed by atoms with Crippen LogP contribution < -0.4 is 5.32 Å². The van der Waals surface area contributed by atoms with Crippen LogP contribution in [0.4, 0.5) is 0 Å². The highest BCUT2D eigenvalue weighted by Gasteiger charge is 2.08. The molecule has 3 nitrogen and oxygen atoms in total. The maximum Gasteiger partial charge on any atom is 0.302 e. The highest BCUT2D eigenvalue weighted by molar-refractivity contribution is 9.10. The summed E-state index contributed by atoms with van der Waals surface area (Å²) < 4.78 is 5.86. The third-order valence-electron chi connectivity index (χ3n) is 2.27. The number of hydrogen-bond acceptors (Lipinski definition) is 3. The molecule has 0 fully saturated rings. The number of thiocarbonyl (C=S) groups is 1. The Balaban J connectivity index is 2.70. The first-order valence-electron chi connectivity index (χ1n) is 5.64. The minimum Gasteiger partial charge on any atom is -0.461 e. The summed E-state index contributed by atoms with van der Waals surface area (Å²) >= 11 is 8.80. The Hall–Kier alpha value is -0.590. The maximum atomic E-state index is 10.8. The van der Waals surface area contributed by atoms with Gasteiger partial charge in [-0.3, -0.25) is 4.79 Å². The number of nitrogens with one attached hydrogen (secondary N) is 1. The van der Waals surface area contributed by atoms with Crippen LogP contribution in [0.2, 0.25) is 0 Å². The molecule has 0 aromatic heterocycles. The van der Waals surface area contributed by atoms with E-state index in [9.17, 15) is 4.79 Å². The average molecular weight is 363 g/mol. The molecule has 0 aliphatic rings. The third-order valence-corrected chi connectivity index (χ3v) is 4.11. The SMILES string of the molecule is CC(=O)OCc1ccc(C(=S)NC[S+](C)C)cc1Br. The van der Waals surface area contributed by atoms with E-state index in [1.165, 1.54) is 6.92 Å². The molecule has 0 saturated heterocycles. The smallest absolute Gasteiger partial charge is 0.302 e. The molecule has 0 aliphatic heterocycles. The van der Waals surface area contributed by atoms with E-state index in [0.717, 1.165) is 26.5 Å². The van der Waals surface area contributed by atoms with Crippen molar-refractivity contribution in [3.05, 3.63) is 33.8 Å². The van der Waals surface area contributed by atoms with E-state index in [2.05, 4.69) is 33.8 Å². The Bertz CT molecular complexity index is 478. The fraction of sp³-hybridized carbons (Fsp3) is 0.385. The number of ether oxygens (including phenoxy) is 1. The van der Waals surface area contributed by atoms with Gasteiger partial charge in [0, 0.05) is 33.4 Å². The van der Waals surface area contributed by atoms with Crippen molar-refractivity contribution in [3.63, 3.8) is 0 Å². The number of hydrogen-bond donors (Lipinski definition) is 1. The molecule has 104 valence electrons. The van der Waals surface area contributed by atoms with Gasteiger partial charge in [-0.2, -0.15) is 0 Å². The maximum absolute atomic E-state index is 10.8. The number of rotatable bonds is 5. The first-order chi connectivity index (χ1) is 8.90. The molecule has 1 rings (SSSR count). The van der Waals surface area contributed by atoms with E-state index in [0.29, 0.717) is 10.9 Å². The van der Waals surface area contributed by atoms with Crippen LogP contribution in [0.25, 0.3) is 0 Å². The molecule has 0 bridgehead atoms. The van der Waals surface area contributed by atoms with E-state index in [4.69, 9.17) is 17.0 Å². The third kappa shape index (κ3) is 5.93. The number of esters is 1. The molecule has 0 spiro atoms. The van der Waals surface area contributed by atoms with Gasteiger partial charge in [0.15, 0.2) is 5.88 Å². The van der Waals surface area contributed by atoms with E-state index in [1.54, 1.807) is 0 Å². The summed E-state index contributed by atoms with van der Waals surface area (Å²) in [5, 5.41) is 3.23. The summed E-state index contributed by atoms with van der Waals surface area (Å²) in [5.41, 5.74) is 1.88. The molecule has 0 aliphatic carbocycles. The molecule has 0 heterocycles. The fourth-order valence-electron chi connectivity index (χ4n) is 1.30. The Kier molecular flexibility index (Phi) is 6.82. The Morgan fingerprint density at radius 2 is 2.16 bits per heavy atom. The van der Waals surface area contributed by atoms with Crippen molar-refractivity contribution in [2.24, 2.45) is 0 Å². The molecular weight excluding hydrogens is 346 g/mol. The second kappa shape index (κ2) is 7.87. The van der Waals surface area contributed by atoms with Crippen LogP contribution in [-0.2, 0) is 27.0 Å². The van der Waals surface area contributed by atoms with Gasteiger partial charge in [-0.05, 0) is 6.07 Å². The summed E-state index contributed by atoms with van der Waals surface area (Å²) in [5.74, 6) is 0.595. The monoisotopic (exact) mass is 362 g/mol. The van der Waals surface area contributed by atoms with Crippen molar-refractivity contribution in [2.75, 3.05) is 18.4 Å². The summed E-state index contributed by atoms with van der Waals surface area (Å²) in [7, 11) is 0.304. The lowest BCUT2D eigenvalue weighted by molar-refractivity contribution is -0.142. The van der Waals surface area contributed by atoms with Crippen LogP contribution in [0.1, 0.15) is 18.1 Å². The van der Waals surface area contributed by atoms with Gasteiger partial charge in [0.25, 0.3) is 0 Å². The molecule has 1 aromatic rings. The second-order valence-corrected chi connectivity index (χ2v) is 7.74. The number of benzene rings is 1. The Morgan fingerprint density at radius 1 is 1.47 bits per heavy atom. The van der Waals surface area contributed by atoms with Gasteiger partial charge in [-0.1, -0.05) is 40.3 Å². The van der Waals surface area contributed by atoms with Crippen LogP contribution in [0.3, 0.4) is 0 Å². The molecule has 0 amide bonds. The van der Waals surface area contributed by atoms with Gasteiger partial charge in [0.1, 0.15) is 11.6 Å². The molecular formula is C13H17BrNO2S2+. The second-order valence-electron chi connectivity index (χ2n) is 4.22. The lowest BCUT2D eigenvalue weighted by Crippen LogP contribution is -2.27. The minimum absolute atomic E-state index is 0.268. The first kappa shape index (κ1) is 16.5. The van der Waals surface area contributed by atoms with Crippen molar-refractivity contribution in [1.82, 2.24) is 5.32 Å². The first-order valence-corrected chi connectivity index (χ1v) is 9.05. The zero-order valence-corrected chi connectivity index (χ0v) is 14.4. The lowest BCUT2D eigenvalue weighted by Gasteiger charge is -2.09. The van der Waals surface area contributed by atoms with Crippen LogP contribution >= 0.6 is 28.1 Å². The van der Waals surface area contributed by atoms with Crippen molar-refractivity contribution in [3.8, 4) is 0 Å². The normalized spacial score (nSPS) is 10.4. The van der Waals surface area contributed by atoms with Crippen molar-refractivity contribution < 1.29 is 9.53 Å². The largest absolute Gasteiger partial charge is 0.461 e. The predicted octanol–water partition coefficient (Wildman–Crippen LogP) is 2.61. The van der Waals surface area contributed by atoms with Crippen molar-refractivity contribution >= 4 is 50.0 Å². The van der Waals surface area contributed by atoms with Crippen LogP contribution in [0.15, 0.2) is 22.7 Å². The summed E-state index contributed by atoms with van der Waals surface area (Å²) in [4.78, 5) is 11.5. The average Bonchev–Trinajstić information content (AvgIpc) is 2.34. The van der Waals surface area contributed by atoms with E-state index in [-0.39, 0.29) is 12.6 Å². The molecule has 0 radical (unpaired) electrons. The summed E-state index contributed by atoms with van der Waals surface area (Å²) in [6.45, 7) is 1.66. The number of halogens is 1. The molecule has 6 heteroatoms. The van der Waals surface area contributed by atoms with E-state index >= 15 is 0 Å². The molecule has 0 saturated carbocycles. The zero-order valence-electron chi connectivity index (χ0n) is 11.2. The Morgan fingerprint density at radius 3 is 2.68 bits per heavy atom. The van der Waals surface area contributed by atoms with E-state index in [1.807, 2.05) is 18.2 Å². The van der Waals surface area contributed by atoms with Gasteiger partial charge < -0.3 is 10.1 Å². The number of carbonyl (C=O) groups is 1. The predicted molar refractivity (Wildman–Crippen MR) is 88.5 cm³/mol. The molecule has 1 N–H and O–H groups in total. The fourth-order valence-corrected chi connectivity index (χ4v) is 2.51. The van der Waals surface area contributed by atoms with Crippen LogP contribution in [0, 0.1) is 0 Å². The van der Waals surface area contributed by atoms with Crippen molar-refractivity contribution in [2.45, 2.75) is 13.5 Å².